The molecule has 0 aromatic heterocycles. The Morgan fingerprint density at radius 2 is 1.76 bits per heavy atom. The van der Waals surface area contributed by atoms with Crippen LogP contribution in [-0.4, -0.2) is 10.9 Å². The Morgan fingerprint density at radius 1 is 1.10 bits per heavy atom. The molecule has 0 unspecified atom stereocenters. The Balaban J connectivity index is 1.98. The molecule has 0 saturated carbocycles. The van der Waals surface area contributed by atoms with Crippen LogP contribution in [0.1, 0.15) is 11.1 Å². The molecule has 0 radical (unpaired) electrons. The van der Waals surface area contributed by atoms with Crippen molar-refractivity contribution in [1.82, 2.24) is 0 Å². The molecule has 2 aromatic rings. The highest BCUT2D eigenvalue weighted by atomic mass is 16.6. The molecule has 0 spiro atoms. The second-order valence-electron chi connectivity index (χ2n) is 4.24. The Kier molecular flexibility index (Phi) is 4.82. The summed E-state index contributed by atoms with van der Waals surface area (Å²) >= 11 is 0. The topological polar surface area (TPSA) is 69.4 Å². The smallest absolute Gasteiger partial charge is 0.331 e. The summed E-state index contributed by atoms with van der Waals surface area (Å²) in [6.07, 6.45) is 2.57. The fourth-order valence-electron chi connectivity index (χ4n) is 1.73. The number of nitro benzene ring substituents is 1. The van der Waals surface area contributed by atoms with Gasteiger partial charge in [-0.3, -0.25) is 10.1 Å². The van der Waals surface area contributed by atoms with Crippen molar-refractivity contribution in [3.05, 3.63) is 81.9 Å². The third-order valence-electron chi connectivity index (χ3n) is 2.76. The molecule has 2 rings (SSSR count). The lowest BCUT2D eigenvalue weighted by Gasteiger charge is -2.01. The number of rotatable bonds is 5. The lowest BCUT2D eigenvalue weighted by atomic mass is 10.1. The monoisotopic (exact) mass is 283 g/mol. The summed E-state index contributed by atoms with van der Waals surface area (Å²) in [5.41, 5.74) is 1.19. The number of hydrogen-bond donors (Lipinski definition) is 0. The molecule has 2 aromatic carbocycles. The van der Waals surface area contributed by atoms with Gasteiger partial charge in [0.05, 0.1) is 10.5 Å². The average molecular weight is 283 g/mol. The van der Waals surface area contributed by atoms with E-state index in [0.29, 0.717) is 5.56 Å². The van der Waals surface area contributed by atoms with Crippen LogP contribution in [-0.2, 0) is 16.1 Å². The lowest BCUT2D eigenvalue weighted by Crippen LogP contribution is -2.00. The van der Waals surface area contributed by atoms with Crippen LogP contribution in [0.5, 0.6) is 0 Å². The molecule has 106 valence electrons. The van der Waals surface area contributed by atoms with E-state index in [0.717, 1.165) is 5.56 Å². The molecular formula is C16H13NO4. The number of benzene rings is 2. The molecule has 0 saturated heterocycles. The Hall–Kier alpha value is -2.95. The van der Waals surface area contributed by atoms with Gasteiger partial charge >= 0.3 is 5.97 Å². The van der Waals surface area contributed by atoms with E-state index in [1.165, 1.54) is 18.2 Å². The number of nitro groups is 1. The summed E-state index contributed by atoms with van der Waals surface area (Å²) in [6, 6.07) is 15.5. The molecular weight excluding hydrogens is 270 g/mol. The van der Waals surface area contributed by atoms with Crippen LogP contribution < -0.4 is 0 Å². The highest BCUT2D eigenvalue weighted by Crippen LogP contribution is 2.18. The van der Waals surface area contributed by atoms with Crippen LogP contribution in [0.3, 0.4) is 0 Å². The van der Waals surface area contributed by atoms with Crippen molar-refractivity contribution in [2.75, 3.05) is 0 Å². The summed E-state index contributed by atoms with van der Waals surface area (Å²) in [5, 5.41) is 10.8. The third kappa shape index (κ3) is 4.28. The maximum atomic E-state index is 11.6. The largest absolute Gasteiger partial charge is 0.458 e. The van der Waals surface area contributed by atoms with Crippen molar-refractivity contribution in [2.24, 2.45) is 0 Å². The van der Waals surface area contributed by atoms with Crippen molar-refractivity contribution >= 4 is 17.7 Å². The van der Waals surface area contributed by atoms with Gasteiger partial charge in [-0.1, -0.05) is 42.5 Å². The van der Waals surface area contributed by atoms with Crippen LogP contribution in [0.25, 0.3) is 6.08 Å². The Morgan fingerprint density at radius 3 is 2.48 bits per heavy atom. The van der Waals surface area contributed by atoms with Crippen LogP contribution in [0.15, 0.2) is 60.7 Å². The van der Waals surface area contributed by atoms with Crippen molar-refractivity contribution in [2.45, 2.75) is 6.61 Å². The zero-order valence-corrected chi connectivity index (χ0v) is 11.1. The molecule has 21 heavy (non-hydrogen) atoms. The fourth-order valence-corrected chi connectivity index (χ4v) is 1.73. The van der Waals surface area contributed by atoms with Gasteiger partial charge in [-0.2, -0.15) is 0 Å². The standard InChI is InChI=1S/C16H13NO4/c18-16(21-12-13-6-2-1-3-7-13)11-10-14-8-4-5-9-15(14)17(19)20/h1-11H,12H2/b11-10+. The molecule has 0 aliphatic heterocycles. The van der Waals surface area contributed by atoms with Gasteiger partial charge in [0.15, 0.2) is 0 Å². The number of carbonyl (C=O) groups excluding carboxylic acids is 1. The van der Waals surface area contributed by atoms with E-state index in [4.69, 9.17) is 4.74 Å². The molecule has 0 aliphatic rings. The summed E-state index contributed by atoms with van der Waals surface area (Å²) in [7, 11) is 0. The summed E-state index contributed by atoms with van der Waals surface area (Å²) in [6.45, 7) is 0.168. The minimum absolute atomic E-state index is 0.0513. The van der Waals surface area contributed by atoms with E-state index in [-0.39, 0.29) is 12.3 Å². The quantitative estimate of drug-likeness (QED) is 0.365. The lowest BCUT2D eigenvalue weighted by molar-refractivity contribution is -0.385. The molecule has 0 atom stereocenters. The summed E-state index contributed by atoms with van der Waals surface area (Å²) < 4.78 is 5.05. The first-order valence-corrected chi connectivity index (χ1v) is 6.29. The van der Waals surface area contributed by atoms with Gasteiger partial charge in [0, 0.05) is 12.1 Å². The maximum absolute atomic E-state index is 11.6. The van der Waals surface area contributed by atoms with Crippen molar-refractivity contribution < 1.29 is 14.5 Å². The molecule has 5 nitrogen and oxygen atoms in total. The van der Waals surface area contributed by atoms with E-state index in [2.05, 4.69) is 0 Å². The molecule has 0 bridgehead atoms. The SMILES string of the molecule is O=C(/C=C/c1ccccc1[N+](=O)[O-])OCc1ccccc1. The highest BCUT2D eigenvalue weighted by Gasteiger charge is 2.09. The number of esters is 1. The first-order valence-electron chi connectivity index (χ1n) is 6.29. The second kappa shape index (κ2) is 7.00. The van der Waals surface area contributed by atoms with E-state index in [9.17, 15) is 14.9 Å². The van der Waals surface area contributed by atoms with Crippen LogP contribution in [0.2, 0.25) is 0 Å². The molecule has 0 fully saturated rings. The van der Waals surface area contributed by atoms with Crippen LogP contribution in [0.4, 0.5) is 5.69 Å². The normalized spacial score (nSPS) is 10.5. The number of para-hydroxylation sites is 1. The van der Waals surface area contributed by atoms with E-state index in [1.54, 1.807) is 18.2 Å². The molecule has 0 amide bonds. The van der Waals surface area contributed by atoms with Gasteiger partial charge in [0.1, 0.15) is 6.61 Å². The summed E-state index contributed by atoms with van der Waals surface area (Å²) in [4.78, 5) is 21.9. The van der Waals surface area contributed by atoms with Crippen molar-refractivity contribution in [3.8, 4) is 0 Å². The average Bonchev–Trinajstić information content (AvgIpc) is 2.52. The first kappa shape index (κ1) is 14.5. The van der Waals surface area contributed by atoms with E-state index in [1.807, 2.05) is 30.3 Å². The van der Waals surface area contributed by atoms with Gasteiger partial charge in [-0.25, -0.2) is 4.79 Å². The first-order chi connectivity index (χ1) is 10.2. The van der Waals surface area contributed by atoms with Crippen LogP contribution in [0, 0.1) is 10.1 Å². The maximum Gasteiger partial charge on any atom is 0.331 e. The van der Waals surface area contributed by atoms with Crippen molar-refractivity contribution in [3.63, 3.8) is 0 Å². The van der Waals surface area contributed by atoms with E-state index >= 15 is 0 Å². The molecule has 5 heteroatoms. The zero-order chi connectivity index (χ0) is 15.1. The predicted octanol–water partition coefficient (Wildman–Crippen LogP) is 3.35. The number of carbonyl (C=O) groups is 1. The Bertz CT molecular complexity index is 665. The third-order valence-corrected chi connectivity index (χ3v) is 2.76. The molecule has 0 N–H and O–H groups in total. The number of nitrogens with zero attached hydrogens (tertiary/aromatic N) is 1. The predicted molar refractivity (Wildman–Crippen MR) is 78.4 cm³/mol. The van der Waals surface area contributed by atoms with Crippen LogP contribution >= 0.6 is 0 Å². The molecule has 0 aliphatic carbocycles. The zero-order valence-electron chi connectivity index (χ0n) is 11.1. The van der Waals surface area contributed by atoms with Gasteiger partial charge in [-0.15, -0.1) is 0 Å². The van der Waals surface area contributed by atoms with Gasteiger partial charge in [-0.05, 0) is 17.7 Å². The number of hydrogen-bond acceptors (Lipinski definition) is 4. The van der Waals surface area contributed by atoms with Gasteiger partial charge < -0.3 is 4.74 Å². The van der Waals surface area contributed by atoms with Crippen molar-refractivity contribution in [1.29, 1.82) is 0 Å². The highest BCUT2D eigenvalue weighted by molar-refractivity contribution is 5.87. The van der Waals surface area contributed by atoms with E-state index < -0.39 is 10.9 Å². The number of ether oxygens (including phenoxy) is 1. The van der Waals surface area contributed by atoms with Gasteiger partial charge in [0.2, 0.25) is 0 Å². The fraction of sp³-hybridized carbons (Fsp3) is 0.0625. The minimum Gasteiger partial charge on any atom is -0.458 e. The second-order valence-corrected chi connectivity index (χ2v) is 4.24. The van der Waals surface area contributed by atoms with Gasteiger partial charge in [0.25, 0.3) is 5.69 Å². The minimum atomic E-state index is -0.544. The summed E-state index contributed by atoms with van der Waals surface area (Å²) in [5.74, 6) is -0.544. The Labute approximate surface area is 121 Å². The molecule has 0 heterocycles.